The Morgan fingerprint density at radius 2 is 1.87 bits per heavy atom. The van der Waals surface area contributed by atoms with Crippen molar-refractivity contribution in [2.24, 2.45) is 17.6 Å². The zero-order valence-electron chi connectivity index (χ0n) is 13.2. The third-order valence-electron chi connectivity index (χ3n) is 5.14. The van der Waals surface area contributed by atoms with E-state index in [0.717, 1.165) is 0 Å². The van der Waals surface area contributed by atoms with Crippen LogP contribution < -0.4 is 5.73 Å². The van der Waals surface area contributed by atoms with Crippen LogP contribution in [0.15, 0.2) is 0 Å². The molecule has 1 atom stereocenters. The number of amides is 2. The van der Waals surface area contributed by atoms with Gasteiger partial charge in [-0.25, -0.2) is 0 Å². The number of carbonyl (C=O) groups excluding carboxylic acids is 2. The molecular weight excluding hydrogens is 313 g/mol. The van der Waals surface area contributed by atoms with Crippen molar-refractivity contribution in [2.45, 2.75) is 50.2 Å². The molecule has 1 unspecified atom stereocenters. The Hall–Kier alpha value is -1.31. The van der Waals surface area contributed by atoms with Crippen LogP contribution in [0.4, 0.5) is 13.2 Å². The molecule has 5 nitrogen and oxygen atoms in total. The Kier molecular flexibility index (Phi) is 5.23. The van der Waals surface area contributed by atoms with Gasteiger partial charge in [0.2, 0.25) is 11.8 Å². The first-order valence-corrected chi connectivity index (χ1v) is 7.89. The van der Waals surface area contributed by atoms with Crippen LogP contribution in [0.1, 0.15) is 38.5 Å². The van der Waals surface area contributed by atoms with E-state index in [1.807, 2.05) is 0 Å². The number of alkyl halides is 3. The molecule has 2 fully saturated rings. The Morgan fingerprint density at radius 1 is 1.26 bits per heavy atom. The fraction of sp³-hybridized carbons (Fsp3) is 0.867. The maximum atomic E-state index is 12.7. The molecule has 2 N–H and O–H groups in total. The zero-order valence-corrected chi connectivity index (χ0v) is 13.2. The van der Waals surface area contributed by atoms with E-state index in [2.05, 4.69) is 0 Å². The van der Waals surface area contributed by atoms with Crippen molar-refractivity contribution in [2.75, 3.05) is 20.3 Å². The lowest BCUT2D eigenvalue weighted by atomic mass is 9.80. The van der Waals surface area contributed by atoms with Crippen molar-refractivity contribution in [3.63, 3.8) is 0 Å². The maximum Gasteiger partial charge on any atom is 0.391 e. The first-order valence-electron chi connectivity index (χ1n) is 7.89. The number of hydrogen-bond donors (Lipinski definition) is 1. The second-order valence-electron chi connectivity index (χ2n) is 6.51. The van der Waals surface area contributed by atoms with Gasteiger partial charge in [-0.2, -0.15) is 13.2 Å². The Bertz CT molecular complexity index is 461. The van der Waals surface area contributed by atoms with E-state index in [9.17, 15) is 22.8 Å². The molecule has 1 aliphatic heterocycles. The van der Waals surface area contributed by atoms with Gasteiger partial charge in [0.1, 0.15) is 5.54 Å². The van der Waals surface area contributed by atoms with Crippen LogP contribution >= 0.6 is 0 Å². The van der Waals surface area contributed by atoms with Gasteiger partial charge < -0.3 is 15.4 Å². The highest BCUT2D eigenvalue weighted by molar-refractivity contribution is 5.92. The second kappa shape index (κ2) is 6.67. The molecule has 2 rings (SSSR count). The number of nitrogens with zero attached hydrogens (tertiary/aromatic N) is 1. The van der Waals surface area contributed by atoms with Gasteiger partial charge in [0.15, 0.2) is 0 Å². The molecule has 1 aliphatic carbocycles. The minimum Gasteiger partial charge on any atom is -0.382 e. The largest absolute Gasteiger partial charge is 0.391 e. The SMILES string of the molecule is COCC1(C(N)=O)CCCN1C(=O)C1CCC(C(F)(F)F)CC1. The van der Waals surface area contributed by atoms with Crippen LogP contribution in [0, 0.1) is 11.8 Å². The fourth-order valence-corrected chi connectivity index (χ4v) is 3.80. The molecular formula is C15H23F3N2O3. The van der Waals surface area contributed by atoms with Gasteiger partial charge in [0, 0.05) is 19.6 Å². The monoisotopic (exact) mass is 336 g/mol. The highest BCUT2D eigenvalue weighted by Crippen LogP contribution is 2.41. The van der Waals surface area contributed by atoms with E-state index >= 15 is 0 Å². The lowest BCUT2D eigenvalue weighted by Gasteiger charge is -2.38. The van der Waals surface area contributed by atoms with E-state index < -0.39 is 29.5 Å². The van der Waals surface area contributed by atoms with Gasteiger partial charge in [-0.05, 0) is 38.5 Å². The number of carbonyl (C=O) groups is 2. The summed E-state index contributed by atoms with van der Waals surface area (Å²) in [5.74, 6) is -2.68. The van der Waals surface area contributed by atoms with Crippen molar-refractivity contribution in [1.82, 2.24) is 4.90 Å². The van der Waals surface area contributed by atoms with Crippen molar-refractivity contribution in [1.29, 1.82) is 0 Å². The predicted molar refractivity (Wildman–Crippen MR) is 76.3 cm³/mol. The van der Waals surface area contributed by atoms with E-state index in [-0.39, 0.29) is 38.2 Å². The standard InChI is InChI=1S/C15H23F3N2O3/c1-23-9-14(13(19)22)7-2-8-20(14)12(21)10-3-5-11(6-4-10)15(16,17)18/h10-11H,2-9H2,1H3,(H2,19,22). The highest BCUT2D eigenvalue weighted by Gasteiger charge is 2.51. The van der Waals surface area contributed by atoms with Crippen molar-refractivity contribution >= 4 is 11.8 Å². The second-order valence-corrected chi connectivity index (χ2v) is 6.51. The Labute approximate surface area is 133 Å². The third kappa shape index (κ3) is 3.46. The van der Waals surface area contributed by atoms with E-state index in [1.165, 1.54) is 12.0 Å². The van der Waals surface area contributed by atoms with E-state index in [0.29, 0.717) is 19.4 Å². The zero-order chi connectivity index (χ0) is 17.3. The van der Waals surface area contributed by atoms with Gasteiger partial charge in [-0.15, -0.1) is 0 Å². The summed E-state index contributed by atoms with van der Waals surface area (Å²) < 4.78 is 43.3. The lowest BCUT2D eigenvalue weighted by Crippen LogP contribution is -2.60. The molecule has 0 aromatic rings. The quantitative estimate of drug-likeness (QED) is 0.851. The molecule has 0 aromatic carbocycles. The number of likely N-dealkylation sites (tertiary alicyclic amines) is 1. The summed E-state index contributed by atoms with van der Waals surface area (Å²) in [7, 11) is 1.43. The van der Waals surface area contributed by atoms with Gasteiger partial charge >= 0.3 is 6.18 Å². The fourth-order valence-electron chi connectivity index (χ4n) is 3.80. The molecule has 0 bridgehead atoms. The summed E-state index contributed by atoms with van der Waals surface area (Å²) in [4.78, 5) is 26.1. The minimum absolute atomic E-state index is 0.0198. The summed E-state index contributed by atoms with van der Waals surface area (Å²) in [6.45, 7) is 0.413. The van der Waals surface area contributed by atoms with E-state index in [1.54, 1.807) is 0 Å². The summed E-state index contributed by atoms with van der Waals surface area (Å²) >= 11 is 0. The average Bonchev–Trinajstić information content (AvgIpc) is 2.91. The molecule has 2 amide bonds. The minimum atomic E-state index is -4.20. The van der Waals surface area contributed by atoms with Crippen LogP contribution in [0.2, 0.25) is 0 Å². The number of primary amides is 1. The Morgan fingerprint density at radius 3 is 2.35 bits per heavy atom. The van der Waals surface area contributed by atoms with Gasteiger partial charge in [0.25, 0.3) is 0 Å². The van der Waals surface area contributed by atoms with Crippen LogP contribution in [-0.2, 0) is 14.3 Å². The van der Waals surface area contributed by atoms with Gasteiger partial charge in [-0.3, -0.25) is 9.59 Å². The van der Waals surface area contributed by atoms with Crippen LogP contribution in [0.3, 0.4) is 0 Å². The first kappa shape index (κ1) is 18.0. The topological polar surface area (TPSA) is 72.6 Å². The summed E-state index contributed by atoms with van der Waals surface area (Å²) in [5.41, 5.74) is 4.33. The normalized spacial score (nSPS) is 32.1. The number of nitrogens with two attached hydrogens (primary N) is 1. The average molecular weight is 336 g/mol. The smallest absolute Gasteiger partial charge is 0.382 e. The molecule has 2 aliphatic rings. The molecule has 1 saturated heterocycles. The number of methoxy groups -OCH3 is 1. The molecule has 8 heteroatoms. The number of halogens is 3. The molecule has 23 heavy (non-hydrogen) atoms. The molecule has 0 aromatic heterocycles. The first-order chi connectivity index (χ1) is 10.7. The summed E-state index contributed by atoms with van der Waals surface area (Å²) in [6.07, 6.45) is -2.82. The molecule has 1 heterocycles. The number of rotatable bonds is 4. The summed E-state index contributed by atoms with van der Waals surface area (Å²) in [6, 6.07) is 0. The highest BCUT2D eigenvalue weighted by atomic mass is 19.4. The summed E-state index contributed by atoms with van der Waals surface area (Å²) in [5, 5.41) is 0. The predicted octanol–water partition coefficient (Wildman–Crippen LogP) is 1.85. The molecule has 0 spiro atoms. The number of hydrogen-bond acceptors (Lipinski definition) is 3. The van der Waals surface area contributed by atoms with Gasteiger partial charge in [0.05, 0.1) is 12.5 Å². The van der Waals surface area contributed by atoms with Gasteiger partial charge in [-0.1, -0.05) is 0 Å². The molecule has 132 valence electrons. The van der Waals surface area contributed by atoms with Crippen LogP contribution in [0.5, 0.6) is 0 Å². The lowest BCUT2D eigenvalue weighted by molar-refractivity contribution is -0.185. The number of ether oxygens (including phenoxy) is 1. The van der Waals surface area contributed by atoms with Crippen LogP contribution in [0.25, 0.3) is 0 Å². The molecule has 0 radical (unpaired) electrons. The van der Waals surface area contributed by atoms with Crippen molar-refractivity contribution in [3.8, 4) is 0 Å². The Balaban J connectivity index is 2.07. The van der Waals surface area contributed by atoms with E-state index in [4.69, 9.17) is 10.5 Å². The van der Waals surface area contributed by atoms with Crippen molar-refractivity contribution < 1.29 is 27.5 Å². The maximum absolute atomic E-state index is 12.7. The van der Waals surface area contributed by atoms with Crippen LogP contribution in [-0.4, -0.2) is 48.7 Å². The third-order valence-corrected chi connectivity index (χ3v) is 5.14. The van der Waals surface area contributed by atoms with Crippen molar-refractivity contribution in [3.05, 3.63) is 0 Å². The molecule has 1 saturated carbocycles.